The van der Waals surface area contributed by atoms with E-state index in [-0.39, 0.29) is 6.07 Å². The quantitative estimate of drug-likeness (QED) is 0.342. The van der Waals surface area contributed by atoms with Crippen LogP contribution >= 0.6 is 0 Å². The predicted molar refractivity (Wildman–Crippen MR) is 91.8 cm³/mol. The first-order chi connectivity index (χ1) is 12.8. The van der Waals surface area contributed by atoms with Crippen molar-refractivity contribution in [1.82, 2.24) is 0 Å². The Morgan fingerprint density at radius 3 is 2.36 bits per heavy atom. The van der Waals surface area contributed by atoms with Gasteiger partial charge < -0.3 is 15.3 Å². The van der Waals surface area contributed by atoms with E-state index in [2.05, 4.69) is 0 Å². The lowest BCUT2D eigenvalue weighted by atomic mass is 10.1. The van der Waals surface area contributed by atoms with Gasteiger partial charge >= 0.3 is 6.18 Å². The summed E-state index contributed by atoms with van der Waals surface area (Å²) in [5.41, 5.74) is -1.63. The summed E-state index contributed by atoms with van der Waals surface area (Å²) in [7, 11) is -2.54. The molecule has 0 radical (unpaired) electrons. The molecule has 0 atom stereocenters. The lowest BCUT2D eigenvalue weighted by Gasteiger charge is -2.15. The van der Waals surface area contributed by atoms with E-state index >= 15 is 0 Å². The van der Waals surface area contributed by atoms with E-state index in [1.165, 1.54) is 13.2 Å². The second-order valence-electron chi connectivity index (χ2n) is 5.11. The molecule has 2 N–H and O–H groups in total. The van der Waals surface area contributed by atoms with Crippen LogP contribution in [0.3, 0.4) is 0 Å². The van der Waals surface area contributed by atoms with Crippen molar-refractivity contribution in [3.05, 3.63) is 70.4 Å². The highest BCUT2D eigenvalue weighted by atomic mass is 32.2. The molecule has 0 aliphatic carbocycles. The first kappa shape index (κ1) is 23.1. The summed E-state index contributed by atoms with van der Waals surface area (Å²) in [4.78, 5) is 0. The van der Waals surface area contributed by atoms with Crippen molar-refractivity contribution in [1.29, 1.82) is 5.41 Å². The van der Waals surface area contributed by atoms with Gasteiger partial charge in [-0.2, -0.15) is 21.6 Å². The standard InChI is InChI=1S/C9H10O4S.C8H5F4NO/c1-13-9-4-2-3-8(7-9)5-6-14(10,11)12;9-4-1-2-5(7(13)14)6(3-4)8(10,11)12/h2-7H,1H3,(H,10,11,12);1-3H,(H2,13,14)/p-1/b6-5+;. The molecule has 0 spiro atoms. The van der Waals surface area contributed by atoms with Gasteiger partial charge in [0.2, 0.25) is 0 Å². The first-order valence-electron chi connectivity index (χ1n) is 7.26. The zero-order valence-electron chi connectivity index (χ0n) is 14.2. The fourth-order valence-electron chi connectivity index (χ4n) is 1.86. The molecule has 2 rings (SSSR count). The van der Waals surface area contributed by atoms with E-state index in [0.29, 0.717) is 23.4 Å². The molecule has 0 saturated carbocycles. The molecule has 11 heteroatoms. The minimum absolute atomic E-state index is 0.196. The van der Waals surface area contributed by atoms with Crippen LogP contribution in [-0.2, 0) is 16.3 Å². The van der Waals surface area contributed by atoms with Crippen LogP contribution in [0.4, 0.5) is 17.6 Å². The average Bonchev–Trinajstić information content (AvgIpc) is 2.59. The van der Waals surface area contributed by atoms with E-state index in [0.717, 1.165) is 5.41 Å². The van der Waals surface area contributed by atoms with Crippen LogP contribution in [0.15, 0.2) is 47.9 Å². The average molecular weight is 420 g/mol. The summed E-state index contributed by atoms with van der Waals surface area (Å²) in [6.07, 6.45) is -3.54. The van der Waals surface area contributed by atoms with Gasteiger partial charge in [0, 0.05) is 0 Å². The van der Waals surface area contributed by atoms with Crippen molar-refractivity contribution >= 4 is 22.1 Å². The summed E-state index contributed by atoms with van der Waals surface area (Å²) in [5.74, 6) is -1.96. The summed E-state index contributed by atoms with van der Waals surface area (Å²) in [6, 6.07) is 8.37. The van der Waals surface area contributed by atoms with Crippen LogP contribution < -0.4 is 9.84 Å². The second kappa shape index (κ2) is 9.33. The van der Waals surface area contributed by atoms with E-state index < -0.39 is 39.1 Å². The molecule has 0 bridgehead atoms. The normalized spacial score (nSPS) is 11.6. The largest absolute Gasteiger partial charge is 0.859 e. The Hall–Kier alpha value is -2.92. The third kappa shape index (κ3) is 7.76. The van der Waals surface area contributed by atoms with Crippen molar-refractivity contribution in [3.8, 4) is 5.75 Å². The molecule has 0 aliphatic rings. The maximum atomic E-state index is 12.5. The predicted octanol–water partition coefficient (Wildman–Crippen LogP) is 3.08. The van der Waals surface area contributed by atoms with Gasteiger partial charge in [-0.1, -0.05) is 18.2 Å². The molecule has 0 heterocycles. The maximum Gasteiger partial charge on any atom is 0.417 e. The lowest BCUT2D eigenvalue weighted by molar-refractivity contribution is -0.215. The molecule has 0 amide bonds. The van der Waals surface area contributed by atoms with E-state index in [1.54, 1.807) is 24.3 Å². The number of alkyl halides is 3. The van der Waals surface area contributed by atoms with Crippen LogP contribution in [0.25, 0.3) is 6.08 Å². The van der Waals surface area contributed by atoms with Gasteiger partial charge in [0.05, 0.1) is 18.1 Å². The number of hydrogen-bond acceptors (Lipinski definition) is 5. The van der Waals surface area contributed by atoms with Crippen LogP contribution in [0, 0.1) is 11.2 Å². The van der Waals surface area contributed by atoms with Gasteiger partial charge in [0.25, 0.3) is 10.1 Å². The highest BCUT2D eigenvalue weighted by Crippen LogP contribution is 2.32. The number of benzene rings is 2. The van der Waals surface area contributed by atoms with Gasteiger partial charge in [-0.05, 0) is 47.4 Å². The van der Waals surface area contributed by atoms with Gasteiger partial charge in [-0.3, -0.25) is 4.55 Å². The highest BCUT2D eigenvalue weighted by molar-refractivity contribution is 7.88. The molecule has 28 heavy (non-hydrogen) atoms. The molecule has 6 nitrogen and oxygen atoms in total. The maximum absolute atomic E-state index is 12.5. The van der Waals surface area contributed by atoms with Crippen LogP contribution in [0.2, 0.25) is 0 Å². The monoisotopic (exact) mass is 420 g/mol. The van der Waals surface area contributed by atoms with Gasteiger partial charge in [0.1, 0.15) is 11.6 Å². The fraction of sp³-hybridized carbons (Fsp3) is 0.118. The Morgan fingerprint density at radius 2 is 1.86 bits per heavy atom. The number of methoxy groups -OCH3 is 1. The summed E-state index contributed by atoms with van der Waals surface area (Å²) in [6.45, 7) is 0. The van der Waals surface area contributed by atoms with Crippen molar-refractivity contribution in [2.45, 2.75) is 6.18 Å². The highest BCUT2D eigenvalue weighted by Gasteiger charge is 2.33. The lowest BCUT2D eigenvalue weighted by Crippen LogP contribution is -2.22. The third-order valence-electron chi connectivity index (χ3n) is 3.06. The smallest absolute Gasteiger partial charge is 0.417 e. The fourth-order valence-corrected chi connectivity index (χ4v) is 2.19. The molecule has 0 unspecified atom stereocenters. The van der Waals surface area contributed by atoms with Crippen molar-refractivity contribution in [2.24, 2.45) is 0 Å². The van der Waals surface area contributed by atoms with Crippen molar-refractivity contribution in [2.75, 3.05) is 7.11 Å². The Morgan fingerprint density at radius 1 is 1.21 bits per heavy atom. The van der Waals surface area contributed by atoms with E-state index in [9.17, 15) is 31.1 Å². The zero-order valence-corrected chi connectivity index (χ0v) is 15.0. The van der Waals surface area contributed by atoms with Gasteiger partial charge in [0.15, 0.2) is 0 Å². The van der Waals surface area contributed by atoms with Crippen LogP contribution in [-0.4, -0.2) is 26.0 Å². The van der Waals surface area contributed by atoms with Crippen LogP contribution in [0.1, 0.15) is 16.7 Å². The van der Waals surface area contributed by atoms with Crippen LogP contribution in [0.5, 0.6) is 5.75 Å². The molecule has 0 aromatic heterocycles. The first-order valence-corrected chi connectivity index (χ1v) is 8.76. The molecular formula is C17H14F4NO5S-. The number of ether oxygens (including phenoxy) is 1. The Balaban J connectivity index is 0.000000280. The Bertz CT molecular complexity index is 972. The summed E-state index contributed by atoms with van der Waals surface area (Å²) >= 11 is 0. The Kier molecular flexibility index (Phi) is 7.70. The van der Waals surface area contributed by atoms with Gasteiger partial charge in [-0.25, -0.2) is 4.39 Å². The zero-order chi connectivity index (χ0) is 21.5. The number of nitrogens with one attached hydrogen (secondary N) is 1. The number of rotatable bonds is 4. The molecule has 2 aromatic rings. The van der Waals surface area contributed by atoms with Crippen molar-refractivity contribution < 1.29 is 40.4 Å². The summed E-state index contributed by atoms with van der Waals surface area (Å²) < 4.78 is 83.2. The van der Waals surface area contributed by atoms with E-state index in [1.807, 2.05) is 0 Å². The molecule has 152 valence electrons. The number of halogens is 4. The molecule has 0 saturated heterocycles. The molecular weight excluding hydrogens is 406 g/mol. The molecule has 2 aromatic carbocycles. The van der Waals surface area contributed by atoms with Gasteiger partial charge in [-0.15, -0.1) is 0 Å². The number of hydrogen-bond donors (Lipinski definition) is 2. The third-order valence-corrected chi connectivity index (χ3v) is 3.54. The minimum Gasteiger partial charge on any atom is -0.859 e. The van der Waals surface area contributed by atoms with Crippen molar-refractivity contribution in [3.63, 3.8) is 0 Å². The molecule has 0 fully saturated rings. The topological polar surface area (TPSA) is 111 Å². The summed E-state index contributed by atoms with van der Waals surface area (Å²) in [5, 5.41) is 17.7. The Labute approximate surface area is 158 Å². The second-order valence-corrected chi connectivity index (χ2v) is 6.41. The molecule has 0 aliphatic heterocycles. The van der Waals surface area contributed by atoms with E-state index in [4.69, 9.17) is 14.7 Å². The SMILES string of the molecule is COc1cccc(/C=C/S(=O)(=O)O)c1.N=C([O-])c1ccc(F)cc1C(F)(F)F. The minimum atomic E-state index is -4.83.